The molecule has 6 nitrogen and oxygen atoms in total. The van der Waals surface area contributed by atoms with Crippen molar-refractivity contribution in [2.24, 2.45) is 5.84 Å². The first-order valence-corrected chi connectivity index (χ1v) is 6.41. The lowest BCUT2D eigenvalue weighted by Gasteiger charge is -2.08. The number of carbonyl (C=O) groups is 1. The number of nitrogen functional groups attached to an aromatic ring is 1. The van der Waals surface area contributed by atoms with Crippen LogP contribution in [0.3, 0.4) is 0 Å². The normalized spacial score (nSPS) is 10.3. The van der Waals surface area contributed by atoms with Crippen LogP contribution in [0.1, 0.15) is 16.1 Å². The van der Waals surface area contributed by atoms with Crippen molar-refractivity contribution in [1.29, 1.82) is 0 Å². The molecule has 0 aliphatic carbocycles. The number of hydrazine groups is 1. The molecule has 0 aliphatic rings. The molecule has 0 saturated heterocycles. The predicted molar refractivity (Wildman–Crippen MR) is 75.6 cm³/mol. The van der Waals surface area contributed by atoms with Crippen molar-refractivity contribution >= 4 is 17.5 Å². The highest BCUT2D eigenvalue weighted by molar-refractivity contribution is 6.31. The molecular weight excluding hydrogens is 280 g/mol. The monoisotopic (exact) mass is 294 g/mol. The third kappa shape index (κ3) is 3.28. The number of nitrogens with one attached hydrogen (secondary N) is 1. The van der Waals surface area contributed by atoms with E-state index in [4.69, 9.17) is 22.2 Å². The van der Waals surface area contributed by atoms with Gasteiger partial charge in [-0.3, -0.25) is 14.9 Å². The van der Waals surface area contributed by atoms with E-state index in [9.17, 15) is 4.79 Å². The Hall–Kier alpha value is -2.05. The van der Waals surface area contributed by atoms with Crippen LogP contribution in [0, 0.1) is 6.92 Å². The first-order valence-electron chi connectivity index (χ1n) is 6.03. The number of ether oxygens (including phenoxy) is 1. The van der Waals surface area contributed by atoms with Crippen LogP contribution >= 0.6 is 11.6 Å². The topological polar surface area (TPSA) is 82.2 Å². The van der Waals surface area contributed by atoms with Crippen molar-refractivity contribution in [2.75, 3.05) is 6.61 Å². The highest BCUT2D eigenvalue weighted by Gasteiger charge is 2.05. The van der Waals surface area contributed by atoms with Gasteiger partial charge in [0.05, 0.1) is 23.5 Å². The molecule has 3 N–H and O–H groups in total. The van der Waals surface area contributed by atoms with E-state index in [2.05, 4.69) is 10.5 Å². The van der Waals surface area contributed by atoms with Gasteiger partial charge in [-0.05, 0) is 31.2 Å². The molecule has 0 fully saturated rings. The molecule has 2 aromatic rings. The lowest BCUT2D eigenvalue weighted by Crippen LogP contribution is -2.29. The predicted octanol–water partition coefficient (Wildman–Crippen LogP) is 1.53. The molecule has 0 bridgehead atoms. The van der Waals surface area contributed by atoms with Crippen LogP contribution in [0.2, 0.25) is 5.02 Å². The smallest absolute Gasteiger partial charge is 0.265 e. The van der Waals surface area contributed by atoms with Crippen molar-refractivity contribution in [3.05, 3.63) is 46.7 Å². The first-order chi connectivity index (χ1) is 9.61. The van der Waals surface area contributed by atoms with Gasteiger partial charge in [-0.1, -0.05) is 11.6 Å². The molecule has 0 unspecified atom stereocenters. The molecule has 0 spiro atoms. The molecule has 20 heavy (non-hydrogen) atoms. The van der Waals surface area contributed by atoms with Gasteiger partial charge in [0.1, 0.15) is 12.4 Å². The second kappa shape index (κ2) is 6.40. The minimum absolute atomic E-state index is 0.335. The van der Waals surface area contributed by atoms with Gasteiger partial charge >= 0.3 is 0 Å². The average Bonchev–Trinajstić information content (AvgIpc) is 2.79. The maximum atomic E-state index is 11.3. The summed E-state index contributed by atoms with van der Waals surface area (Å²) in [5.74, 6) is 5.39. The minimum atomic E-state index is -0.335. The van der Waals surface area contributed by atoms with Crippen LogP contribution in [0.4, 0.5) is 0 Å². The standard InChI is InChI=1S/C13H15ClN4O2/c1-9-12(14)8-16-18(9)6-7-20-11-4-2-10(3-5-11)13(19)17-15/h2-5,8H,6-7,15H2,1H3,(H,17,19). The Balaban J connectivity index is 1.88. The Bertz CT molecular complexity index is 595. The van der Waals surface area contributed by atoms with E-state index < -0.39 is 0 Å². The number of nitrogens with zero attached hydrogens (tertiary/aromatic N) is 2. The largest absolute Gasteiger partial charge is 0.492 e. The van der Waals surface area contributed by atoms with Crippen LogP contribution in [-0.2, 0) is 6.54 Å². The van der Waals surface area contributed by atoms with Gasteiger partial charge in [0.25, 0.3) is 5.91 Å². The van der Waals surface area contributed by atoms with Gasteiger partial charge in [-0.15, -0.1) is 0 Å². The van der Waals surface area contributed by atoms with E-state index in [0.29, 0.717) is 29.5 Å². The van der Waals surface area contributed by atoms with Crippen LogP contribution in [-0.4, -0.2) is 22.3 Å². The first kappa shape index (κ1) is 14.4. The second-order valence-corrected chi connectivity index (χ2v) is 4.55. The van der Waals surface area contributed by atoms with Gasteiger partial charge in [-0.25, -0.2) is 5.84 Å². The molecule has 1 aromatic carbocycles. The minimum Gasteiger partial charge on any atom is -0.492 e. The van der Waals surface area contributed by atoms with Crippen molar-refractivity contribution < 1.29 is 9.53 Å². The van der Waals surface area contributed by atoms with E-state index in [1.54, 1.807) is 35.1 Å². The molecule has 1 aromatic heterocycles. The molecule has 1 heterocycles. The van der Waals surface area contributed by atoms with Gasteiger partial charge in [-0.2, -0.15) is 5.10 Å². The molecular formula is C13H15ClN4O2. The lowest BCUT2D eigenvalue weighted by molar-refractivity contribution is 0.0953. The van der Waals surface area contributed by atoms with Crippen molar-refractivity contribution in [3.63, 3.8) is 0 Å². The quantitative estimate of drug-likeness (QED) is 0.498. The lowest BCUT2D eigenvalue weighted by atomic mass is 10.2. The zero-order valence-electron chi connectivity index (χ0n) is 11.0. The molecule has 106 valence electrons. The molecule has 7 heteroatoms. The van der Waals surface area contributed by atoms with Gasteiger partial charge < -0.3 is 4.74 Å². The number of carbonyl (C=O) groups excluding carboxylic acids is 1. The van der Waals surface area contributed by atoms with E-state index in [0.717, 1.165) is 5.69 Å². The summed E-state index contributed by atoms with van der Waals surface area (Å²) in [6, 6.07) is 6.72. The molecule has 0 radical (unpaired) electrons. The van der Waals surface area contributed by atoms with Crippen molar-refractivity contribution in [2.45, 2.75) is 13.5 Å². The second-order valence-electron chi connectivity index (χ2n) is 4.15. The van der Waals surface area contributed by atoms with Crippen molar-refractivity contribution in [1.82, 2.24) is 15.2 Å². The highest BCUT2D eigenvalue weighted by Crippen LogP contribution is 2.14. The number of benzene rings is 1. The van der Waals surface area contributed by atoms with Gasteiger partial charge in [0, 0.05) is 5.56 Å². The summed E-state index contributed by atoms with van der Waals surface area (Å²) in [6.45, 7) is 2.96. The number of halogens is 1. The third-order valence-electron chi connectivity index (χ3n) is 2.86. The molecule has 0 aliphatic heterocycles. The highest BCUT2D eigenvalue weighted by atomic mass is 35.5. The molecule has 1 amide bonds. The summed E-state index contributed by atoms with van der Waals surface area (Å²) in [5.41, 5.74) is 3.46. The third-order valence-corrected chi connectivity index (χ3v) is 3.23. The maximum Gasteiger partial charge on any atom is 0.265 e. The Labute approximate surface area is 121 Å². The van der Waals surface area contributed by atoms with Crippen LogP contribution in [0.5, 0.6) is 5.75 Å². The fraction of sp³-hybridized carbons (Fsp3) is 0.231. The summed E-state index contributed by atoms with van der Waals surface area (Å²) in [4.78, 5) is 11.3. The van der Waals surface area contributed by atoms with Crippen LogP contribution in [0.15, 0.2) is 30.5 Å². The SMILES string of the molecule is Cc1c(Cl)cnn1CCOc1ccc(C(=O)NN)cc1. The number of aromatic nitrogens is 2. The average molecular weight is 295 g/mol. The Morgan fingerprint density at radius 3 is 2.70 bits per heavy atom. The van der Waals surface area contributed by atoms with Crippen LogP contribution in [0.25, 0.3) is 0 Å². The van der Waals surface area contributed by atoms with Gasteiger partial charge in [0.15, 0.2) is 0 Å². The summed E-state index contributed by atoms with van der Waals surface area (Å²) < 4.78 is 7.35. The van der Waals surface area contributed by atoms with E-state index in [1.807, 2.05) is 6.92 Å². The summed E-state index contributed by atoms with van der Waals surface area (Å²) in [7, 11) is 0. The number of hydrogen-bond acceptors (Lipinski definition) is 4. The fourth-order valence-corrected chi connectivity index (χ4v) is 1.83. The zero-order chi connectivity index (χ0) is 14.5. The molecule has 0 saturated carbocycles. The number of rotatable bonds is 5. The van der Waals surface area contributed by atoms with Crippen molar-refractivity contribution in [3.8, 4) is 5.75 Å². The van der Waals surface area contributed by atoms with Gasteiger partial charge in [0.2, 0.25) is 0 Å². The van der Waals surface area contributed by atoms with E-state index in [-0.39, 0.29) is 5.91 Å². The van der Waals surface area contributed by atoms with E-state index in [1.165, 1.54) is 0 Å². The van der Waals surface area contributed by atoms with Crippen LogP contribution < -0.4 is 16.0 Å². The summed E-state index contributed by atoms with van der Waals surface area (Å²) in [5, 5.41) is 4.77. The Morgan fingerprint density at radius 2 is 2.15 bits per heavy atom. The summed E-state index contributed by atoms with van der Waals surface area (Å²) >= 11 is 5.91. The van der Waals surface area contributed by atoms with E-state index >= 15 is 0 Å². The maximum absolute atomic E-state index is 11.3. The number of hydrogen-bond donors (Lipinski definition) is 2. The Morgan fingerprint density at radius 1 is 1.45 bits per heavy atom. The summed E-state index contributed by atoms with van der Waals surface area (Å²) in [6.07, 6.45) is 1.61. The Kier molecular flexibility index (Phi) is 4.60. The molecule has 0 atom stereocenters. The number of nitrogens with two attached hydrogens (primary N) is 1. The number of amides is 1. The fourth-order valence-electron chi connectivity index (χ4n) is 1.68. The molecule has 2 rings (SSSR count). The zero-order valence-corrected chi connectivity index (χ0v) is 11.7.